The summed E-state index contributed by atoms with van der Waals surface area (Å²) in [6, 6.07) is 21.2. The number of para-hydroxylation sites is 1. The van der Waals surface area contributed by atoms with E-state index in [1.165, 1.54) is 5.56 Å². The number of rotatable bonds is 4. The van der Waals surface area contributed by atoms with Crippen molar-refractivity contribution in [2.75, 3.05) is 39.8 Å². The number of fused-ring (bicyclic) bond motifs is 1. The third kappa shape index (κ3) is 5.31. The van der Waals surface area contributed by atoms with E-state index >= 15 is 0 Å². The van der Waals surface area contributed by atoms with Crippen LogP contribution < -0.4 is 11.5 Å². The molecule has 0 bridgehead atoms. The maximum atomic E-state index is 13.6. The summed E-state index contributed by atoms with van der Waals surface area (Å²) in [4.78, 5) is 40.7. The van der Waals surface area contributed by atoms with Crippen LogP contribution in [0.2, 0.25) is 0 Å². The first kappa shape index (κ1) is 24.5. The summed E-state index contributed by atoms with van der Waals surface area (Å²) in [5.41, 5.74) is 15.5. The predicted molar refractivity (Wildman–Crippen MR) is 144 cm³/mol. The summed E-state index contributed by atoms with van der Waals surface area (Å²) in [5.74, 6) is -0.526. The molecule has 0 spiro atoms. The Labute approximate surface area is 216 Å². The van der Waals surface area contributed by atoms with Gasteiger partial charge in [0.2, 0.25) is 0 Å². The molecule has 0 aliphatic carbocycles. The lowest BCUT2D eigenvalue weighted by atomic mass is 10.0. The minimum absolute atomic E-state index is 0.0203. The Kier molecular flexibility index (Phi) is 6.87. The number of pyridine rings is 1. The smallest absolute Gasteiger partial charge is 0.321 e. The van der Waals surface area contributed by atoms with Gasteiger partial charge in [-0.25, -0.2) is 9.78 Å². The van der Waals surface area contributed by atoms with Crippen molar-refractivity contribution in [3.05, 3.63) is 89.3 Å². The van der Waals surface area contributed by atoms with E-state index in [2.05, 4.69) is 34.1 Å². The molecule has 37 heavy (non-hydrogen) atoms. The number of carbonyl (C=O) groups excluding carboxylic acids is 2. The van der Waals surface area contributed by atoms with Crippen LogP contribution >= 0.6 is 0 Å². The van der Waals surface area contributed by atoms with E-state index in [-0.39, 0.29) is 36.7 Å². The van der Waals surface area contributed by atoms with E-state index < -0.39 is 5.91 Å². The molecule has 190 valence electrons. The van der Waals surface area contributed by atoms with Gasteiger partial charge in [-0.05, 0) is 31.2 Å². The van der Waals surface area contributed by atoms with Crippen LogP contribution in [0.1, 0.15) is 16.1 Å². The zero-order valence-corrected chi connectivity index (χ0v) is 20.9. The molecule has 9 heteroatoms. The van der Waals surface area contributed by atoms with Crippen molar-refractivity contribution >= 4 is 28.7 Å². The van der Waals surface area contributed by atoms with E-state index in [1.807, 2.05) is 53.4 Å². The second-order valence-electron chi connectivity index (χ2n) is 9.63. The van der Waals surface area contributed by atoms with Gasteiger partial charge in [-0.15, -0.1) is 0 Å². The highest BCUT2D eigenvalue weighted by molar-refractivity contribution is 6.09. The molecule has 1 atom stereocenters. The Bertz CT molecular complexity index is 1390. The van der Waals surface area contributed by atoms with Gasteiger partial charge in [-0.2, -0.15) is 4.99 Å². The van der Waals surface area contributed by atoms with Gasteiger partial charge < -0.3 is 26.2 Å². The molecule has 1 fully saturated rings. The lowest BCUT2D eigenvalue weighted by molar-refractivity contribution is 0.0900. The molecule has 3 heterocycles. The number of nitrogens with zero attached hydrogens (tertiary/aromatic N) is 5. The standard InChI is InChI=1S/C28H31N7O2/c1-33-13-14-35(21(16-33)15-19-7-3-2-4-8-19)28(37)34-17-22(23(29)18-34)26(30)32-27(36)25-12-11-20-9-5-6-10-24(20)31-25/h2-12,21H,13-18,29H2,1H3,(H2,30,32,36). The summed E-state index contributed by atoms with van der Waals surface area (Å²) < 4.78 is 0. The number of nitrogens with two attached hydrogens (primary N) is 2. The molecule has 1 saturated heterocycles. The number of carbonyl (C=O) groups is 2. The van der Waals surface area contributed by atoms with Crippen LogP contribution in [0.15, 0.2) is 83.0 Å². The molecule has 3 aromatic rings. The quantitative estimate of drug-likeness (QED) is 0.421. The molecule has 0 radical (unpaired) electrons. The molecule has 4 N–H and O–H groups in total. The molecule has 9 nitrogen and oxygen atoms in total. The number of hydrogen-bond donors (Lipinski definition) is 2. The van der Waals surface area contributed by atoms with Gasteiger partial charge in [0.05, 0.1) is 24.6 Å². The van der Waals surface area contributed by atoms with E-state index in [9.17, 15) is 9.59 Å². The third-order valence-electron chi connectivity index (χ3n) is 6.96. The van der Waals surface area contributed by atoms with Crippen molar-refractivity contribution in [3.8, 4) is 0 Å². The van der Waals surface area contributed by atoms with Crippen LogP contribution in [-0.4, -0.2) is 83.3 Å². The summed E-state index contributed by atoms with van der Waals surface area (Å²) in [7, 11) is 2.08. The third-order valence-corrected chi connectivity index (χ3v) is 6.96. The van der Waals surface area contributed by atoms with Crippen LogP contribution in [0.25, 0.3) is 10.9 Å². The summed E-state index contributed by atoms with van der Waals surface area (Å²) in [5, 5.41) is 0.933. The summed E-state index contributed by atoms with van der Waals surface area (Å²) in [6.07, 6.45) is 0.775. The highest BCUT2D eigenvalue weighted by Crippen LogP contribution is 2.21. The minimum atomic E-state index is -0.546. The lowest BCUT2D eigenvalue weighted by Gasteiger charge is -2.41. The van der Waals surface area contributed by atoms with Crippen LogP contribution in [0.4, 0.5) is 4.79 Å². The Morgan fingerprint density at radius 2 is 1.76 bits per heavy atom. The van der Waals surface area contributed by atoms with Gasteiger partial charge in [0, 0.05) is 36.3 Å². The molecule has 2 aliphatic heterocycles. The maximum absolute atomic E-state index is 13.6. The molecule has 2 aromatic carbocycles. The van der Waals surface area contributed by atoms with Gasteiger partial charge in [0.15, 0.2) is 0 Å². The SMILES string of the molecule is CN1CCN(C(=O)N2CC(N)=C(C(N)=NC(=O)c3ccc4ccccc4n3)C2)C(Cc2ccccc2)C1. The minimum Gasteiger partial charge on any atom is -0.400 e. The number of urea groups is 1. The second kappa shape index (κ2) is 10.4. The van der Waals surface area contributed by atoms with Gasteiger partial charge in [0.25, 0.3) is 5.91 Å². The maximum Gasteiger partial charge on any atom is 0.321 e. The average molecular weight is 498 g/mol. The number of hydrogen-bond acceptors (Lipinski definition) is 5. The van der Waals surface area contributed by atoms with Gasteiger partial charge in [-0.1, -0.05) is 54.6 Å². The first-order valence-electron chi connectivity index (χ1n) is 12.4. The van der Waals surface area contributed by atoms with Crippen molar-refractivity contribution in [1.82, 2.24) is 19.7 Å². The summed E-state index contributed by atoms with van der Waals surface area (Å²) >= 11 is 0. The number of likely N-dealkylation sites (N-methyl/N-ethyl adjacent to an activating group) is 1. The molecular weight excluding hydrogens is 466 g/mol. The zero-order chi connectivity index (χ0) is 25.9. The molecule has 1 unspecified atom stereocenters. The fourth-order valence-electron chi connectivity index (χ4n) is 4.95. The number of piperazine rings is 1. The monoisotopic (exact) mass is 497 g/mol. The predicted octanol–water partition coefficient (Wildman–Crippen LogP) is 2.24. The van der Waals surface area contributed by atoms with Crippen molar-refractivity contribution in [3.63, 3.8) is 0 Å². The Balaban J connectivity index is 1.28. The van der Waals surface area contributed by atoms with Crippen LogP contribution in [0.3, 0.4) is 0 Å². The normalized spacial score (nSPS) is 19.1. The molecule has 5 rings (SSSR count). The first-order chi connectivity index (χ1) is 17.9. The largest absolute Gasteiger partial charge is 0.400 e. The number of amidine groups is 1. The second-order valence-corrected chi connectivity index (χ2v) is 9.63. The number of benzene rings is 2. The van der Waals surface area contributed by atoms with Crippen LogP contribution in [0.5, 0.6) is 0 Å². The van der Waals surface area contributed by atoms with E-state index in [0.29, 0.717) is 23.3 Å². The highest BCUT2D eigenvalue weighted by atomic mass is 16.2. The fraction of sp³-hybridized carbons (Fsp3) is 0.286. The highest BCUT2D eigenvalue weighted by Gasteiger charge is 2.35. The summed E-state index contributed by atoms with van der Waals surface area (Å²) in [6.45, 7) is 2.69. The van der Waals surface area contributed by atoms with E-state index in [1.54, 1.807) is 11.0 Å². The van der Waals surface area contributed by atoms with E-state index in [4.69, 9.17) is 11.5 Å². The lowest BCUT2D eigenvalue weighted by Crippen LogP contribution is -2.58. The topological polar surface area (TPSA) is 121 Å². The number of aromatic nitrogens is 1. The number of amides is 3. The van der Waals surface area contributed by atoms with Crippen LogP contribution in [0, 0.1) is 0 Å². The molecular formula is C28H31N7O2. The molecule has 2 aliphatic rings. The fourth-order valence-corrected chi connectivity index (χ4v) is 4.95. The van der Waals surface area contributed by atoms with Crippen molar-refractivity contribution in [1.29, 1.82) is 0 Å². The molecule has 0 saturated carbocycles. The van der Waals surface area contributed by atoms with Gasteiger partial charge in [-0.3, -0.25) is 4.79 Å². The average Bonchev–Trinajstić information content (AvgIpc) is 3.30. The van der Waals surface area contributed by atoms with Crippen molar-refractivity contribution in [2.45, 2.75) is 12.5 Å². The van der Waals surface area contributed by atoms with E-state index in [0.717, 1.165) is 24.9 Å². The number of aliphatic imine (C=N–C) groups is 1. The van der Waals surface area contributed by atoms with Crippen molar-refractivity contribution in [2.24, 2.45) is 16.5 Å². The van der Waals surface area contributed by atoms with Crippen LogP contribution in [-0.2, 0) is 6.42 Å². The Hall–Kier alpha value is -4.24. The molecule has 3 amide bonds. The molecule has 1 aromatic heterocycles. The first-order valence-corrected chi connectivity index (χ1v) is 12.4. The van der Waals surface area contributed by atoms with Gasteiger partial charge in [0.1, 0.15) is 11.5 Å². The zero-order valence-electron chi connectivity index (χ0n) is 20.9. The van der Waals surface area contributed by atoms with Crippen molar-refractivity contribution < 1.29 is 9.59 Å². The van der Waals surface area contributed by atoms with Gasteiger partial charge >= 0.3 is 6.03 Å². The Morgan fingerprint density at radius 3 is 2.57 bits per heavy atom. The Morgan fingerprint density at radius 1 is 1.00 bits per heavy atom.